The van der Waals surface area contributed by atoms with E-state index < -0.39 is 80.5 Å². The van der Waals surface area contributed by atoms with Crippen LogP contribution in [0.3, 0.4) is 0 Å². The molecule has 0 unspecified atom stereocenters. The molecule has 12 heteroatoms. The number of hydrogen-bond acceptors (Lipinski definition) is 11. The highest BCUT2D eigenvalue weighted by Crippen LogP contribution is 2.29. The first-order chi connectivity index (χ1) is 16.2. The van der Waals surface area contributed by atoms with Gasteiger partial charge in [0.25, 0.3) is 0 Å². The first kappa shape index (κ1) is 29.3. The van der Waals surface area contributed by atoms with Gasteiger partial charge in [0.05, 0.1) is 13.2 Å². The summed E-state index contributed by atoms with van der Waals surface area (Å²) in [5, 5.41) is 62.9. The van der Waals surface area contributed by atoms with Crippen molar-refractivity contribution in [1.82, 2.24) is 5.32 Å². The number of hydrogen-bond donors (Lipinski definition) is 7. The quantitative estimate of drug-likeness (QED) is 0.142. The maximum atomic E-state index is 11.9. The van der Waals surface area contributed by atoms with E-state index in [-0.39, 0.29) is 0 Å². The molecule has 0 aromatic carbocycles. The number of aliphatic hydroxyl groups excluding tert-OH is 6. The number of carbonyl (C=O) groups is 1. The molecule has 1 amide bonds. The summed E-state index contributed by atoms with van der Waals surface area (Å²) < 4.78 is 22.7. The van der Waals surface area contributed by atoms with Crippen LogP contribution < -0.4 is 5.32 Å². The van der Waals surface area contributed by atoms with E-state index in [2.05, 4.69) is 12.2 Å². The minimum atomic E-state index is -1.71. The van der Waals surface area contributed by atoms with Crippen LogP contribution in [-0.4, -0.2) is 118 Å². The Morgan fingerprint density at radius 3 is 2.03 bits per heavy atom. The van der Waals surface area contributed by atoms with E-state index in [0.717, 1.165) is 32.1 Å². The van der Waals surface area contributed by atoms with Gasteiger partial charge in [-0.05, 0) is 6.42 Å². The van der Waals surface area contributed by atoms with E-state index >= 15 is 0 Å². The maximum absolute atomic E-state index is 11.9. The molecule has 34 heavy (non-hydrogen) atoms. The second-order valence-electron chi connectivity index (χ2n) is 8.88. The summed E-state index contributed by atoms with van der Waals surface area (Å²) in [5.41, 5.74) is 0. The Kier molecular flexibility index (Phi) is 12.6. The summed E-state index contributed by atoms with van der Waals surface area (Å²) in [7, 11) is 0. The Balaban J connectivity index is 2.12. The van der Waals surface area contributed by atoms with Crippen LogP contribution in [0.1, 0.15) is 52.4 Å². The average molecular weight is 496 g/mol. The van der Waals surface area contributed by atoms with E-state index in [1.54, 1.807) is 0 Å². The van der Waals surface area contributed by atoms with Crippen LogP contribution in [0.5, 0.6) is 0 Å². The summed E-state index contributed by atoms with van der Waals surface area (Å²) >= 11 is 0. The predicted octanol–water partition coefficient (Wildman–Crippen LogP) is -1.87. The molecule has 2 aliphatic rings. The van der Waals surface area contributed by atoms with Crippen molar-refractivity contribution in [3.63, 3.8) is 0 Å². The fraction of sp³-hybridized carbons (Fsp3) is 0.955. The number of ether oxygens (including phenoxy) is 4. The second kappa shape index (κ2) is 14.6. The van der Waals surface area contributed by atoms with Crippen molar-refractivity contribution in [3.8, 4) is 0 Å². The van der Waals surface area contributed by atoms with Crippen molar-refractivity contribution in [2.75, 3.05) is 19.8 Å². The smallest absolute Gasteiger partial charge is 0.217 e. The van der Waals surface area contributed by atoms with E-state index in [1.807, 2.05) is 0 Å². The maximum Gasteiger partial charge on any atom is 0.217 e. The second-order valence-corrected chi connectivity index (χ2v) is 8.88. The van der Waals surface area contributed by atoms with Crippen molar-refractivity contribution in [2.45, 2.75) is 114 Å². The molecule has 7 N–H and O–H groups in total. The highest BCUT2D eigenvalue weighted by molar-refractivity contribution is 5.73. The minimum absolute atomic E-state index is 0.313. The summed E-state index contributed by atoms with van der Waals surface area (Å²) in [6, 6.07) is -1.04. The van der Waals surface area contributed by atoms with Gasteiger partial charge in [0.1, 0.15) is 48.8 Å². The van der Waals surface area contributed by atoms with Gasteiger partial charge in [-0.2, -0.15) is 0 Å². The molecule has 0 saturated carbocycles. The van der Waals surface area contributed by atoms with Crippen molar-refractivity contribution in [1.29, 1.82) is 0 Å². The highest BCUT2D eigenvalue weighted by Gasteiger charge is 2.51. The lowest BCUT2D eigenvalue weighted by molar-refractivity contribution is -0.344. The van der Waals surface area contributed by atoms with Gasteiger partial charge in [-0.25, -0.2) is 0 Å². The number of unbranched alkanes of at least 4 members (excludes halogenated alkanes) is 5. The van der Waals surface area contributed by atoms with Gasteiger partial charge in [-0.3, -0.25) is 4.79 Å². The minimum Gasteiger partial charge on any atom is -0.394 e. The molecule has 0 spiro atoms. The zero-order valence-electron chi connectivity index (χ0n) is 19.9. The fourth-order valence-corrected chi connectivity index (χ4v) is 4.18. The topological polar surface area (TPSA) is 187 Å². The molecule has 0 bridgehead atoms. The van der Waals surface area contributed by atoms with Gasteiger partial charge >= 0.3 is 0 Å². The fourth-order valence-electron chi connectivity index (χ4n) is 4.18. The lowest BCUT2D eigenvalue weighted by atomic mass is 9.95. The van der Waals surface area contributed by atoms with E-state index in [9.17, 15) is 35.4 Å². The number of nitrogens with one attached hydrogen (secondary N) is 1. The zero-order valence-corrected chi connectivity index (χ0v) is 19.9. The third-order valence-electron chi connectivity index (χ3n) is 6.14. The van der Waals surface area contributed by atoms with Gasteiger partial charge in [0.15, 0.2) is 12.6 Å². The summed E-state index contributed by atoms with van der Waals surface area (Å²) in [4.78, 5) is 11.9. The molecule has 0 radical (unpaired) electrons. The Labute approximate surface area is 199 Å². The van der Waals surface area contributed by atoms with E-state index in [1.165, 1.54) is 13.3 Å². The largest absolute Gasteiger partial charge is 0.394 e. The Bertz CT molecular complexity index is 595. The first-order valence-electron chi connectivity index (χ1n) is 12.0. The molecule has 2 saturated heterocycles. The SMILES string of the molecule is CCCCCCCCO[C@H]1O[C@H](CO)[C@H](O)[C@@H](O[C@H]2O[C@@H](CO)[C@H](O)[C@@H](O)[C@@H]2O)[C@@H]1NC(C)=O. The first-order valence-corrected chi connectivity index (χ1v) is 12.0. The Morgan fingerprint density at radius 1 is 0.824 bits per heavy atom. The molecular formula is C22H41NO11. The molecule has 2 fully saturated rings. The normalized spacial score (nSPS) is 38.6. The lowest BCUT2D eigenvalue weighted by Crippen LogP contribution is -2.68. The Hall–Kier alpha value is -0.930. The van der Waals surface area contributed by atoms with Crippen molar-refractivity contribution >= 4 is 5.91 Å². The van der Waals surface area contributed by atoms with Crippen LogP contribution in [0.2, 0.25) is 0 Å². The molecule has 0 aromatic heterocycles. The number of amides is 1. The third kappa shape index (κ3) is 7.79. The molecule has 2 aliphatic heterocycles. The monoisotopic (exact) mass is 495 g/mol. The number of rotatable bonds is 13. The summed E-state index contributed by atoms with van der Waals surface area (Å²) in [5.74, 6) is -0.459. The molecule has 0 aromatic rings. The summed E-state index contributed by atoms with van der Waals surface area (Å²) in [6.07, 6.45) is -6.43. The van der Waals surface area contributed by atoms with Gasteiger partial charge in [-0.15, -0.1) is 0 Å². The van der Waals surface area contributed by atoms with Crippen molar-refractivity contribution in [2.24, 2.45) is 0 Å². The van der Waals surface area contributed by atoms with Gasteiger partial charge in [-0.1, -0.05) is 39.0 Å². The highest BCUT2D eigenvalue weighted by atomic mass is 16.7. The van der Waals surface area contributed by atoms with Crippen LogP contribution in [0, 0.1) is 0 Å². The van der Waals surface area contributed by atoms with Gasteiger partial charge in [0.2, 0.25) is 5.91 Å². The molecule has 2 rings (SSSR count). The molecule has 200 valence electrons. The summed E-state index contributed by atoms with van der Waals surface area (Å²) in [6.45, 7) is 2.49. The van der Waals surface area contributed by atoms with E-state index in [0.29, 0.717) is 6.61 Å². The Morgan fingerprint density at radius 2 is 1.41 bits per heavy atom. The number of aliphatic hydroxyl groups is 6. The van der Waals surface area contributed by atoms with Crippen LogP contribution in [0.25, 0.3) is 0 Å². The third-order valence-corrected chi connectivity index (χ3v) is 6.14. The van der Waals surface area contributed by atoms with Gasteiger partial charge in [0, 0.05) is 13.5 Å². The molecule has 2 heterocycles. The van der Waals surface area contributed by atoms with Crippen LogP contribution in [0.15, 0.2) is 0 Å². The van der Waals surface area contributed by atoms with Crippen molar-refractivity contribution in [3.05, 3.63) is 0 Å². The molecule has 0 aliphatic carbocycles. The molecular weight excluding hydrogens is 454 g/mol. The molecule has 12 nitrogen and oxygen atoms in total. The predicted molar refractivity (Wildman–Crippen MR) is 117 cm³/mol. The lowest BCUT2D eigenvalue weighted by Gasteiger charge is -2.47. The van der Waals surface area contributed by atoms with E-state index in [4.69, 9.17) is 18.9 Å². The van der Waals surface area contributed by atoms with Crippen LogP contribution >= 0.6 is 0 Å². The van der Waals surface area contributed by atoms with Gasteiger partial charge < -0.3 is 54.9 Å². The zero-order chi connectivity index (χ0) is 25.3. The van der Waals surface area contributed by atoms with Crippen LogP contribution in [0.4, 0.5) is 0 Å². The standard InChI is InChI=1S/C22H41NO11/c1-3-4-5-6-7-8-9-31-21-15(23-12(2)26)20(17(28)14(11-25)32-21)34-22-19(30)18(29)16(27)13(10-24)33-22/h13-22,24-25,27-30H,3-11H2,1-2H3,(H,23,26)/t13-,14+,15-,16-,17-,18+,19-,20-,21-,22+/m0/s1. The van der Waals surface area contributed by atoms with Crippen LogP contribution in [-0.2, 0) is 23.7 Å². The average Bonchev–Trinajstić information content (AvgIpc) is 2.81. The number of carbonyl (C=O) groups excluding carboxylic acids is 1. The molecule has 10 atom stereocenters. The van der Waals surface area contributed by atoms with Crippen molar-refractivity contribution < 1.29 is 54.4 Å².